The van der Waals surface area contributed by atoms with E-state index < -0.39 is 0 Å². The Kier molecular flexibility index (Phi) is 4.02. The van der Waals surface area contributed by atoms with Gasteiger partial charge >= 0.3 is 0 Å². The number of aromatic nitrogens is 2. The van der Waals surface area contributed by atoms with E-state index in [4.69, 9.17) is 0 Å². The normalized spacial score (nSPS) is 12.7. The van der Waals surface area contributed by atoms with Gasteiger partial charge in [-0.05, 0) is 35.9 Å². The molecule has 0 aliphatic heterocycles. The molecule has 108 valence electrons. The molecular formula is C18H21N3. The van der Waals surface area contributed by atoms with E-state index in [1.165, 1.54) is 22.0 Å². The summed E-state index contributed by atoms with van der Waals surface area (Å²) >= 11 is 0. The van der Waals surface area contributed by atoms with E-state index in [1.54, 1.807) is 0 Å². The second-order valence-corrected chi connectivity index (χ2v) is 5.27. The van der Waals surface area contributed by atoms with Gasteiger partial charge in [-0.25, -0.2) is 0 Å². The number of hydrogen-bond donors (Lipinski definition) is 1. The first kappa shape index (κ1) is 13.8. The highest BCUT2D eigenvalue weighted by molar-refractivity contribution is 5.86. The number of rotatable bonds is 5. The van der Waals surface area contributed by atoms with Crippen LogP contribution in [0.25, 0.3) is 10.8 Å². The zero-order valence-corrected chi connectivity index (χ0v) is 12.6. The van der Waals surface area contributed by atoms with Gasteiger partial charge in [-0.3, -0.25) is 4.68 Å². The number of hydrogen-bond acceptors (Lipinski definition) is 2. The van der Waals surface area contributed by atoms with Crippen LogP contribution in [0, 0.1) is 0 Å². The van der Waals surface area contributed by atoms with Crippen molar-refractivity contribution in [2.75, 3.05) is 7.05 Å². The lowest BCUT2D eigenvalue weighted by Gasteiger charge is -2.20. The lowest BCUT2D eigenvalue weighted by molar-refractivity contribution is 0.536. The van der Waals surface area contributed by atoms with Gasteiger partial charge < -0.3 is 5.32 Å². The van der Waals surface area contributed by atoms with Crippen molar-refractivity contribution in [3.8, 4) is 0 Å². The molecule has 1 aromatic heterocycles. The number of nitrogens with one attached hydrogen (secondary N) is 1. The van der Waals surface area contributed by atoms with Crippen molar-refractivity contribution >= 4 is 10.8 Å². The van der Waals surface area contributed by atoms with Crippen LogP contribution in [0.15, 0.2) is 54.7 Å². The third-order valence-corrected chi connectivity index (χ3v) is 3.90. The lowest BCUT2D eigenvalue weighted by atomic mass is 9.97. The summed E-state index contributed by atoms with van der Waals surface area (Å²) in [5, 5.41) is 10.5. The van der Waals surface area contributed by atoms with Gasteiger partial charge in [-0.15, -0.1) is 0 Å². The molecule has 3 heteroatoms. The van der Waals surface area contributed by atoms with Crippen molar-refractivity contribution in [1.82, 2.24) is 15.1 Å². The monoisotopic (exact) mass is 279 g/mol. The van der Waals surface area contributed by atoms with E-state index in [0.717, 1.165) is 13.0 Å². The predicted octanol–water partition coefficient (Wildman–Crippen LogP) is 3.76. The Morgan fingerprint density at radius 2 is 1.90 bits per heavy atom. The fourth-order valence-electron chi connectivity index (χ4n) is 2.95. The van der Waals surface area contributed by atoms with Crippen LogP contribution in [0.3, 0.4) is 0 Å². The molecule has 0 saturated heterocycles. The predicted molar refractivity (Wildman–Crippen MR) is 87.4 cm³/mol. The number of fused-ring (bicyclic) bond motifs is 1. The molecule has 3 aromatic rings. The summed E-state index contributed by atoms with van der Waals surface area (Å²) in [6.07, 6.45) is 2.97. The molecule has 1 heterocycles. The largest absolute Gasteiger partial charge is 0.308 e. The van der Waals surface area contributed by atoms with Crippen LogP contribution in [0.1, 0.15) is 30.6 Å². The van der Waals surface area contributed by atoms with Gasteiger partial charge in [0.15, 0.2) is 0 Å². The first-order valence-electron chi connectivity index (χ1n) is 7.51. The number of nitrogens with zero attached hydrogens (tertiary/aromatic N) is 2. The fourth-order valence-corrected chi connectivity index (χ4v) is 2.95. The van der Waals surface area contributed by atoms with Gasteiger partial charge in [0.05, 0.1) is 11.7 Å². The van der Waals surface area contributed by atoms with Crippen LogP contribution in [-0.4, -0.2) is 16.8 Å². The van der Waals surface area contributed by atoms with Gasteiger partial charge in [0.1, 0.15) is 0 Å². The van der Waals surface area contributed by atoms with Gasteiger partial charge in [-0.1, -0.05) is 49.4 Å². The highest BCUT2D eigenvalue weighted by Gasteiger charge is 2.18. The molecule has 0 bridgehead atoms. The van der Waals surface area contributed by atoms with Crippen LogP contribution < -0.4 is 5.32 Å². The molecule has 0 spiro atoms. The topological polar surface area (TPSA) is 29.9 Å². The maximum Gasteiger partial charge on any atom is 0.0751 e. The molecule has 0 amide bonds. The fraction of sp³-hybridized carbons (Fsp3) is 0.278. The Morgan fingerprint density at radius 1 is 1.10 bits per heavy atom. The summed E-state index contributed by atoms with van der Waals surface area (Å²) < 4.78 is 2.10. The van der Waals surface area contributed by atoms with Crippen LogP contribution >= 0.6 is 0 Å². The zero-order valence-electron chi connectivity index (χ0n) is 12.6. The van der Waals surface area contributed by atoms with E-state index in [9.17, 15) is 0 Å². The standard InChI is InChI=1S/C18H21N3/c1-3-13-21-17(11-12-20-21)18(19-2)16-10-6-8-14-7-4-5-9-15(14)16/h4-12,18-19H,3,13H2,1-2H3. The van der Waals surface area contributed by atoms with Gasteiger partial charge in [0, 0.05) is 12.7 Å². The summed E-state index contributed by atoms with van der Waals surface area (Å²) in [6.45, 7) is 3.13. The molecule has 1 unspecified atom stereocenters. The lowest BCUT2D eigenvalue weighted by Crippen LogP contribution is -2.22. The van der Waals surface area contributed by atoms with Gasteiger partial charge in [0.25, 0.3) is 0 Å². The molecule has 1 N–H and O–H groups in total. The van der Waals surface area contributed by atoms with Crippen molar-refractivity contribution in [1.29, 1.82) is 0 Å². The van der Waals surface area contributed by atoms with Crippen LogP contribution in [0.5, 0.6) is 0 Å². The maximum atomic E-state index is 4.46. The van der Waals surface area contributed by atoms with E-state index in [2.05, 4.69) is 70.6 Å². The molecule has 0 radical (unpaired) electrons. The smallest absolute Gasteiger partial charge is 0.0751 e. The van der Waals surface area contributed by atoms with Crippen molar-refractivity contribution in [2.24, 2.45) is 0 Å². The van der Waals surface area contributed by atoms with Gasteiger partial charge in [-0.2, -0.15) is 5.10 Å². The first-order chi connectivity index (χ1) is 10.3. The molecule has 3 rings (SSSR count). The summed E-state index contributed by atoms with van der Waals surface area (Å²) in [7, 11) is 2.01. The third kappa shape index (κ3) is 2.57. The highest BCUT2D eigenvalue weighted by atomic mass is 15.3. The van der Waals surface area contributed by atoms with Crippen molar-refractivity contribution in [3.05, 3.63) is 66.0 Å². The average Bonchev–Trinajstić information content (AvgIpc) is 2.97. The molecule has 21 heavy (non-hydrogen) atoms. The SMILES string of the molecule is CCCn1nccc1C(NC)c1cccc2ccccc12. The molecule has 2 aromatic carbocycles. The van der Waals surface area contributed by atoms with E-state index in [0.29, 0.717) is 0 Å². The Hall–Kier alpha value is -2.13. The van der Waals surface area contributed by atoms with Crippen molar-refractivity contribution in [3.63, 3.8) is 0 Å². The minimum Gasteiger partial charge on any atom is -0.308 e. The second-order valence-electron chi connectivity index (χ2n) is 5.27. The molecule has 0 saturated carbocycles. The number of benzene rings is 2. The Bertz CT molecular complexity index is 725. The zero-order chi connectivity index (χ0) is 14.7. The molecule has 0 aliphatic carbocycles. The molecular weight excluding hydrogens is 258 g/mol. The molecule has 1 atom stereocenters. The van der Waals surface area contributed by atoms with Crippen molar-refractivity contribution in [2.45, 2.75) is 25.9 Å². The maximum absolute atomic E-state index is 4.46. The minimum atomic E-state index is 0.158. The van der Waals surface area contributed by atoms with Crippen LogP contribution in [0.2, 0.25) is 0 Å². The molecule has 0 fully saturated rings. The summed E-state index contributed by atoms with van der Waals surface area (Å²) in [4.78, 5) is 0. The van der Waals surface area contributed by atoms with Crippen molar-refractivity contribution < 1.29 is 0 Å². The van der Waals surface area contributed by atoms with E-state index in [-0.39, 0.29) is 6.04 Å². The van der Waals surface area contributed by atoms with E-state index in [1.807, 2.05) is 13.2 Å². The minimum absolute atomic E-state index is 0.158. The first-order valence-corrected chi connectivity index (χ1v) is 7.51. The van der Waals surface area contributed by atoms with Gasteiger partial charge in [0.2, 0.25) is 0 Å². The van der Waals surface area contributed by atoms with E-state index >= 15 is 0 Å². The Balaban J connectivity index is 2.12. The summed E-state index contributed by atoms with van der Waals surface area (Å²) in [6, 6.07) is 17.3. The molecule has 0 aliphatic rings. The van der Waals surface area contributed by atoms with Crippen LogP contribution in [0.4, 0.5) is 0 Å². The second kappa shape index (κ2) is 6.10. The summed E-state index contributed by atoms with van der Waals surface area (Å²) in [5.41, 5.74) is 2.52. The van der Waals surface area contributed by atoms with Crippen LogP contribution in [-0.2, 0) is 6.54 Å². The summed E-state index contributed by atoms with van der Waals surface area (Å²) in [5.74, 6) is 0. The average molecular weight is 279 g/mol. The Morgan fingerprint density at radius 3 is 2.71 bits per heavy atom. The highest BCUT2D eigenvalue weighted by Crippen LogP contribution is 2.28. The Labute approximate surface area is 125 Å². The third-order valence-electron chi connectivity index (χ3n) is 3.90. The quantitative estimate of drug-likeness (QED) is 0.770. The number of aryl methyl sites for hydroxylation is 1. The molecule has 3 nitrogen and oxygen atoms in total.